The fourth-order valence-corrected chi connectivity index (χ4v) is 2.78. The minimum absolute atomic E-state index is 0.0360. The van der Waals surface area contributed by atoms with Crippen LogP contribution in [0.1, 0.15) is 19.4 Å². The third-order valence-electron chi connectivity index (χ3n) is 3.64. The summed E-state index contributed by atoms with van der Waals surface area (Å²) in [6.45, 7) is 6.45. The van der Waals surface area contributed by atoms with Gasteiger partial charge in [0.05, 0.1) is 30.0 Å². The standard InChI is InChI=1S/C14H19N3O2/c1-14(2)8-17(3-4-19-14)12-7-11-9(5-10(12)15)6-13(18)16-11/h5,7H,3-4,6,8,15H2,1-2H3,(H,16,18). The summed E-state index contributed by atoms with van der Waals surface area (Å²) in [5, 5.41) is 2.87. The van der Waals surface area contributed by atoms with E-state index in [1.165, 1.54) is 0 Å². The van der Waals surface area contributed by atoms with Gasteiger partial charge in [-0.3, -0.25) is 4.79 Å². The quantitative estimate of drug-likeness (QED) is 0.749. The van der Waals surface area contributed by atoms with Crippen LogP contribution in [-0.4, -0.2) is 31.2 Å². The van der Waals surface area contributed by atoms with Crippen LogP contribution in [0, 0.1) is 0 Å². The molecule has 0 radical (unpaired) electrons. The van der Waals surface area contributed by atoms with Gasteiger partial charge in [0, 0.05) is 18.8 Å². The zero-order valence-corrected chi connectivity index (χ0v) is 11.3. The highest BCUT2D eigenvalue weighted by molar-refractivity contribution is 6.00. The number of anilines is 3. The number of benzene rings is 1. The molecule has 1 fully saturated rings. The molecule has 1 aromatic carbocycles. The van der Waals surface area contributed by atoms with Gasteiger partial charge < -0.3 is 20.7 Å². The van der Waals surface area contributed by atoms with Crippen molar-refractivity contribution < 1.29 is 9.53 Å². The highest BCUT2D eigenvalue weighted by atomic mass is 16.5. The van der Waals surface area contributed by atoms with Crippen molar-refractivity contribution >= 4 is 23.0 Å². The lowest BCUT2D eigenvalue weighted by Crippen LogP contribution is -2.48. The average Bonchev–Trinajstić information content (AvgIpc) is 2.65. The van der Waals surface area contributed by atoms with E-state index in [0.29, 0.717) is 13.0 Å². The third-order valence-corrected chi connectivity index (χ3v) is 3.64. The van der Waals surface area contributed by atoms with Gasteiger partial charge in [0.1, 0.15) is 0 Å². The van der Waals surface area contributed by atoms with Crippen LogP contribution < -0.4 is 16.0 Å². The van der Waals surface area contributed by atoms with Crippen LogP contribution in [0.3, 0.4) is 0 Å². The van der Waals surface area contributed by atoms with E-state index >= 15 is 0 Å². The molecule has 0 spiro atoms. The van der Waals surface area contributed by atoms with E-state index in [-0.39, 0.29) is 11.5 Å². The highest BCUT2D eigenvalue weighted by Crippen LogP contribution is 2.35. The van der Waals surface area contributed by atoms with Crippen molar-refractivity contribution in [1.82, 2.24) is 0 Å². The molecule has 2 aliphatic heterocycles. The molecule has 0 bridgehead atoms. The Morgan fingerprint density at radius 1 is 1.42 bits per heavy atom. The number of ether oxygens (including phenoxy) is 1. The number of hydrogen-bond acceptors (Lipinski definition) is 4. The maximum Gasteiger partial charge on any atom is 0.228 e. The maximum atomic E-state index is 11.4. The van der Waals surface area contributed by atoms with Gasteiger partial charge in [0.2, 0.25) is 5.91 Å². The molecular formula is C14H19N3O2. The molecule has 0 saturated carbocycles. The van der Waals surface area contributed by atoms with E-state index in [0.717, 1.165) is 35.7 Å². The first-order valence-electron chi connectivity index (χ1n) is 6.56. The number of morpholine rings is 1. The van der Waals surface area contributed by atoms with E-state index in [1.54, 1.807) is 0 Å². The van der Waals surface area contributed by atoms with Crippen molar-refractivity contribution in [1.29, 1.82) is 0 Å². The molecule has 102 valence electrons. The number of carbonyl (C=O) groups excluding carboxylic acids is 1. The number of carbonyl (C=O) groups is 1. The van der Waals surface area contributed by atoms with Gasteiger partial charge >= 0.3 is 0 Å². The fraction of sp³-hybridized carbons (Fsp3) is 0.500. The number of nitrogens with one attached hydrogen (secondary N) is 1. The van der Waals surface area contributed by atoms with E-state index in [1.807, 2.05) is 12.1 Å². The monoisotopic (exact) mass is 261 g/mol. The minimum atomic E-state index is -0.174. The van der Waals surface area contributed by atoms with E-state index in [9.17, 15) is 4.79 Å². The Hall–Kier alpha value is -1.75. The average molecular weight is 261 g/mol. The lowest BCUT2D eigenvalue weighted by atomic mass is 10.0. The Morgan fingerprint density at radius 3 is 2.95 bits per heavy atom. The van der Waals surface area contributed by atoms with Crippen LogP contribution in [0.5, 0.6) is 0 Å². The van der Waals surface area contributed by atoms with Gasteiger partial charge in [-0.15, -0.1) is 0 Å². The molecule has 5 nitrogen and oxygen atoms in total. The normalized spacial score (nSPS) is 21.2. The van der Waals surface area contributed by atoms with Gasteiger partial charge in [-0.05, 0) is 31.5 Å². The molecule has 0 aliphatic carbocycles. The lowest BCUT2D eigenvalue weighted by Gasteiger charge is -2.40. The second kappa shape index (κ2) is 4.13. The first kappa shape index (κ1) is 12.3. The molecule has 1 saturated heterocycles. The van der Waals surface area contributed by atoms with Gasteiger partial charge in [0.25, 0.3) is 0 Å². The van der Waals surface area contributed by atoms with Crippen molar-refractivity contribution in [2.24, 2.45) is 0 Å². The van der Waals surface area contributed by atoms with Crippen LogP contribution in [0.2, 0.25) is 0 Å². The van der Waals surface area contributed by atoms with Crippen molar-refractivity contribution in [3.63, 3.8) is 0 Å². The summed E-state index contributed by atoms with van der Waals surface area (Å²) in [6, 6.07) is 3.89. The van der Waals surface area contributed by atoms with Gasteiger partial charge in [0.15, 0.2) is 0 Å². The molecule has 0 unspecified atom stereocenters. The number of fused-ring (bicyclic) bond motifs is 1. The van der Waals surface area contributed by atoms with Crippen LogP contribution in [0.25, 0.3) is 0 Å². The number of rotatable bonds is 1. The molecule has 2 heterocycles. The number of nitrogen functional groups attached to an aromatic ring is 1. The number of hydrogen-bond donors (Lipinski definition) is 2. The van der Waals surface area contributed by atoms with Crippen LogP contribution in [0.15, 0.2) is 12.1 Å². The van der Waals surface area contributed by atoms with Gasteiger partial charge in [-0.1, -0.05) is 0 Å². The number of nitrogens with zero attached hydrogens (tertiary/aromatic N) is 1. The molecule has 0 atom stereocenters. The Morgan fingerprint density at radius 2 is 2.21 bits per heavy atom. The molecule has 1 amide bonds. The maximum absolute atomic E-state index is 11.4. The van der Waals surface area contributed by atoms with Crippen molar-refractivity contribution in [3.8, 4) is 0 Å². The lowest BCUT2D eigenvalue weighted by molar-refractivity contribution is -0.115. The molecule has 2 aliphatic rings. The van der Waals surface area contributed by atoms with E-state index in [4.69, 9.17) is 10.5 Å². The summed E-state index contributed by atoms with van der Waals surface area (Å²) in [4.78, 5) is 13.6. The molecule has 0 aromatic heterocycles. The Balaban J connectivity index is 1.93. The highest BCUT2D eigenvalue weighted by Gasteiger charge is 2.29. The fourth-order valence-electron chi connectivity index (χ4n) is 2.78. The summed E-state index contributed by atoms with van der Waals surface area (Å²) in [7, 11) is 0. The largest absolute Gasteiger partial charge is 0.397 e. The van der Waals surface area contributed by atoms with Crippen LogP contribution >= 0.6 is 0 Å². The van der Waals surface area contributed by atoms with Crippen LogP contribution in [-0.2, 0) is 16.0 Å². The first-order valence-corrected chi connectivity index (χ1v) is 6.56. The molecule has 1 aromatic rings. The summed E-state index contributed by atoms with van der Waals surface area (Å²) in [5.74, 6) is 0.0360. The molecular weight excluding hydrogens is 242 g/mol. The molecule has 19 heavy (non-hydrogen) atoms. The zero-order chi connectivity index (χ0) is 13.6. The number of amides is 1. The van der Waals surface area contributed by atoms with Gasteiger partial charge in [-0.2, -0.15) is 0 Å². The predicted molar refractivity (Wildman–Crippen MR) is 75.4 cm³/mol. The minimum Gasteiger partial charge on any atom is -0.397 e. The van der Waals surface area contributed by atoms with Crippen molar-refractivity contribution in [2.75, 3.05) is 35.6 Å². The van der Waals surface area contributed by atoms with Crippen molar-refractivity contribution in [3.05, 3.63) is 17.7 Å². The summed E-state index contributed by atoms with van der Waals surface area (Å²) in [5.41, 5.74) is 9.55. The number of nitrogens with two attached hydrogens (primary N) is 1. The van der Waals surface area contributed by atoms with Gasteiger partial charge in [-0.25, -0.2) is 0 Å². The smallest absolute Gasteiger partial charge is 0.228 e. The molecule has 3 rings (SSSR count). The predicted octanol–water partition coefficient (Wildman–Crippen LogP) is 1.38. The molecule has 3 N–H and O–H groups in total. The van der Waals surface area contributed by atoms with Crippen LogP contribution in [0.4, 0.5) is 17.1 Å². The Labute approximate surface area is 112 Å². The van der Waals surface area contributed by atoms with E-state index in [2.05, 4.69) is 24.1 Å². The molecule has 5 heteroatoms. The topological polar surface area (TPSA) is 67.6 Å². The third kappa shape index (κ3) is 2.26. The summed E-state index contributed by atoms with van der Waals surface area (Å²) in [6.07, 6.45) is 0.425. The summed E-state index contributed by atoms with van der Waals surface area (Å²) >= 11 is 0. The SMILES string of the molecule is CC1(C)CN(c2cc3c(cc2N)CC(=O)N3)CCO1. The van der Waals surface area contributed by atoms with Crippen molar-refractivity contribution in [2.45, 2.75) is 25.9 Å². The second-order valence-electron chi connectivity index (χ2n) is 5.82. The second-order valence-corrected chi connectivity index (χ2v) is 5.82. The summed E-state index contributed by atoms with van der Waals surface area (Å²) < 4.78 is 5.71. The Bertz CT molecular complexity index is 540. The first-order chi connectivity index (χ1) is 8.94. The zero-order valence-electron chi connectivity index (χ0n) is 11.3. The Kier molecular flexibility index (Phi) is 2.67. The van der Waals surface area contributed by atoms with E-state index < -0.39 is 0 Å².